The minimum Gasteiger partial charge on any atom is -0.505 e. The molecule has 124 valence electrons. The van der Waals surface area contributed by atoms with Crippen molar-refractivity contribution in [2.75, 3.05) is 10.6 Å². The molecule has 0 aliphatic heterocycles. The van der Waals surface area contributed by atoms with Crippen molar-refractivity contribution in [2.45, 2.75) is 0 Å². The monoisotopic (exact) mass is 351 g/mol. The lowest BCUT2D eigenvalue weighted by atomic mass is 10.2. The van der Waals surface area contributed by atoms with Crippen LogP contribution in [-0.2, 0) is 7.05 Å². The maximum absolute atomic E-state index is 13.7. The molecule has 0 saturated carbocycles. The van der Waals surface area contributed by atoms with E-state index in [1.165, 1.54) is 6.20 Å². The number of carbonyl (C=O) groups excluding carboxylic acids is 1. The number of phenols is 1. The highest BCUT2D eigenvalue weighted by Crippen LogP contribution is 2.28. The molecule has 0 bridgehead atoms. The van der Waals surface area contributed by atoms with Crippen LogP contribution in [0.25, 0.3) is 0 Å². The number of benzene rings is 1. The Morgan fingerprint density at radius 1 is 1.33 bits per heavy atom. The first-order valence-electron chi connectivity index (χ1n) is 6.65. The summed E-state index contributed by atoms with van der Waals surface area (Å²) in [5.41, 5.74) is -0.715. The van der Waals surface area contributed by atoms with E-state index in [0.717, 1.165) is 23.5 Å². The summed E-state index contributed by atoms with van der Waals surface area (Å²) in [7, 11) is 1.75. The summed E-state index contributed by atoms with van der Waals surface area (Å²) in [4.78, 5) is 16.2. The summed E-state index contributed by atoms with van der Waals surface area (Å²) >= 11 is 0.989. The molecule has 10 heteroatoms. The van der Waals surface area contributed by atoms with Gasteiger partial charge < -0.3 is 15.7 Å². The second kappa shape index (κ2) is 6.24. The molecule has 3 rings (SSSR count). The second-order valence-electron chi connectivity index (χ2n) is 4.74. The Balaban J connectivity index is 1.76. The Hall–Kier alpha value is -3.01. The number of halogens is 2. The van der Waals surface area contributed by atoms with Crippen LogP contribution in [-0.4, -0.2) is 25.8 Å². The molecule has 7 nitrogen and oxygen atoms in total. The van der Waals surface area contributed by atoms with Gasteiger partial charge in [-0.25, -0.2) is 13.8 Å². The van der Waals surface area contributed by atoms with E-state index in [1.54, 1.807) is 24.0 Å². The lowest BCUT2D eigenvalue weighted by Crippen LogP contribution is -2.13. The highest BCUT2D eigenvalue weighted by Gasteiger charge is 2.18. The van der Waals surface area contributed by atoms with Crippen molar-refractivity contribution in [3.63, 3.8) is 0 Å². The zero-order chi connectivity index (χ0) is 17.3. The van der Waals surface area contributed by atoms with Gasteiger partial charge in [-0.15, -0.1) is 0 Å². The third kappa shape index (κ3) is 3.18. The van der Waals surface area contributed by atoms with E-state index in [4.69, 9.17) is 0 Å². The number of hydrogen-bond acceptors (Lipinski definition) is 6. The van der Waals surface area contributed by atoms with Crippen LogP contribution in [0.2, 0.25) is 0 Å². The number of nitrogens with one attached hydrogen (secondary N) is 2. The van der Waals surface area contributed by atoms with Gasteiger partial charge in [0.2, 0.25) is 0 Å². The number of aromatic hydroxyl groups is 1. The van der Waals surface area contributed by atoms with E-state index >= 15 is 0 Å². The fourth-order valence-corrected chi connectivity index (χ4v) is 2.58. The number of rotatable bonds is 4. The Morgan fingerprint density at radius 3 is 2.83 bits per heavy atom. The van der Waals surface area contributed by atoms with Crippen molar-refractivity contribution in [3.8, 4) is 5.75 Å². The van der Waals surface area contributed by atoms with Crippen molar-refractivity contribution in [2.24, 2.45) is 7.05 Å². The van der Waals surface area contributed by atoms with Gasteiger partial charge in [0.25, 0.3) is 5.91 Å². The average molecular weight is 351 g/mol. The summed E-state index contributed by atoms with van der Waals surface area (Å²) in [6.07, 6.45) is 3.00. The Kier molecular flexibility index (Phi) is 4.13. The smallest absolute Gasteiger partial charge is 0.267 e. The molecule has 0 unspecified atom stereocenters. The van der Waals surface area contributed by atoms with E-state index in [0.29, 0.717) is 10.9 Å². The molecule has 0 atom stereocenters. The number of nitrogens with zero attached hydrogens (tertiary/aromatic N) is 3. The van der Waals surface area contributed by atoms with Gasteiger partial charge in [0.1, 0.15) is 16.4 Å². The number of anilines is 3. The maximum atomic E-state index is 13.7. The summed E-state index contributed by atoms with van der Waals surface area (Å²) in [6, 6.07) is 3.44. The number of thiazole rings is 1. The van der Waals surface area contributed by atoms with Crippen LogP contribution in [0.15, 0.2) is 30.6 Å². The van der Waals surface area contributed by atoms with Crippen LogP contribution in [0.4, 0.5) is 25.4 Å². The highest BCUT2D eigenvalue weighted by atomic mass is 32.1. The molecule has 3 aromatic rings. The van der Waals surface area contributed by atoms with Gasteiger partial charge in [0.15, 0.2) is 22.5 Å². The zero-order valence-electron chi connectivity index (χ0n) is 12.2. The number of amides is 1. The molecule has 3 N–H and O–H groups in total. The SMILES string of the molecule is Cn1ccc(Nc2ncc(C(=O)Nc3c(F)ccc(O)c3F)s2)n1. The largest absolute Gasteiger partial charge is 0.505 e. The fourth-order valence-electron chi connectivity index (χ4n) is 1.86. The molecule has 2 heterocycles. The predicted molar refractivity (Wildman–Crippen MR) is 84.6 cm³/mol. The highest BCUT2D eigenvalue weighted by molar-refractivity contribution is 7.17. The molecular formula is C14H11F2N5O2S. The van der Waals surface area contributed by atoms with E-state index in [1.807, 2.05) is 0 Å². The molecule has 24 heavy (non-hydrogen) atoms. The first-order chi connectivity index (χ1) is 11.4. The number of aromatic nitrogens is 3. The minimum absolute atomic E-state index is 0.135. The van der Waals surface area contributed by atoms with Gasteiger partial charge in [-0.05, 0) is 12.1 Å². The Morgan fingerprint density at radius 2 is 2.12 bits per heavy atom. The standard InChI is InChI=1S/C14H11F2N5O2S/c1-21-5-4-10(20-21)18-14-17-6-9(24-14)13(23)19-12-7(15)2-3-8(22)11(12)16/h2-6,22H,1H3,(H,19,23)(H,17,18,20). The van der Waals surface area contributed by atoms with Gasteiger partial charge in [-0.1, -0.05) is 11.3 Å². The van der Waals surface area contributed by atoms with Gasteiger partial charge in [0, 0.05) is 19.3 Å². The molecular weight excluding hydrogens is 340 g/mol. The van der Waals surface area contributed by atoms with Gasteiger partial charge in [-0.3, -0.25) is 9.48 Å². The van der Waals surface area contributed by atoms with Crippen molar-refractivity contribution < 1.29 is 18.7 Å². The quantitative estimate of drug-likeness (QED) is 0.672. The third-order valence-electron chi connectivity index (χ3n) is 2.99. The molecule has 1 amide bonds. The number of carbonyl (C=O) groups is 1. The molecule has 0 aliphatic rings. The second-order valence-corrected chi connectivity index (χ2v) is 5.77. The Labute approximate surface area is 138 Å². The van der Waals surface area contributed by atoms with Crippen LogP contribution >= 0.6 is 11.3 Å². The van der Waals surface area contributed by atoms with Gasteiger partial charge in [0.05, 0.1) is 6.20 Å². The lowest BCUT2D eigenvalue weighted by molar-refractivity contribution is 0.102. The molecule has 2 aromatic heterocycles. The summed E-state index contributed by atoms with van der Waals surface area (Å²) in [5, 5.41) is 18.8. The van der Waals surface area contributed by atoms with Crippen LogP contribution in [0.5, 0.6) is 5.75 Å². The topological polar surface area (TPSA) is 92.1 Å². The fraction of sp³-hybridized carbons (Fsp3) is 0.0714. The Bertz CT molecular complexity index is 908. The molecule has 0 radical (unpaired) electrons. The van der Waals surface area contributed by atoms with E-state index in [-0.39, 0.29) is 4.88 Å². The summed E-state index contributed by atoms with van der Waals surface area (Å²) < 4.78 is 28.9. The first-order valence-corrected chi connectivity index (χ1v) is 7.46. The predicted octanol–water partition coefficient (Wildman–Crippen LogP) is 2.86. The molecule has 0 spiro atoms. The van der Waals surface area contributed by atoms with E-state index < -0.39 is 29.0 Å². The van der Waals surface area contributed by atoms with Crippen molar-refractivity contribution in [1.29, 1.82) is 0 Å². The van der Waals surface area contributed by atoms with Crippen molar-refractivity contribution in [3.05, 3.63) is 47.1 Å². The van der Waals surface area contributed by atoms with Crippen LogP contribution in [0.3, 0.4) is 0 Å². The summed E-state index contributed by atoms with van der Waals surface area (Å²) in [5.74, 6) is -3.18. The minimum atomic E-state index is -1.24. The van der Waals surface area contributed by atoms with Gasteiger partial charge in [-0.2, -0.15) is 5.10 Å². The number of hydrogen-bond donors (Lipinski definition) is 3. The van der Waals surface area contributed by atoms with E-state index in [9.17, 15) is 18.7 Å². The summed E-state index contributed by atoms with van der Waals surface area (Å²) in [6.45, 7) is 0. The lowest BCUT2D eigenvalue weighted by Gasteiger charge is -2.07. The molecule has 0 aliphatic carbocycles. The van der Waals surface area contributed by atoms with Crippen LogP contribution in [0, 0.1) is 11.6 Å². The molecule has 1 aromatic carbocycles. The first kappa shape index (κ1) is 15.9. The van der Waals surface area contributed by atoms with Crippen LogP contribution in [0.1, 0.15) is 9.67 Å². The van der Waals surface area contributed by atoms with Crippen molar-refractivity contribution >= 4 is 33.9 Å². The van der Waals surface area contributed by atoms with Gasteiger partial charge >= 0.3 is 0 Å². The maximum Gasteiger partial charge on any atom is 0.267 e. The molecule has 0 fully saturated rings. The average Bonchev–Trinajstić information content (AvgIpc) is 3.17. The number of aryl methyl sites for hydroxylation is 1. The number of phenolic OH excluding ortho intramolecular Hbond substituents is 1. The normalized spacial score (nSPS) is 10.6. The van der Waals surface area contributed by atoms with E-state index in [2.05, 4.69) is 20.7 Å². The third-order valence-corrected chi connectivity index (χ3v) is 3.90. The van der Waals surface area contributed by atoms with Crippen LogP contribution < -0.4 is 10.6 Å². The van der Waals surface area contributed by atoms with Crippen molar-refractivity contribution in [1.82, 2.24) is 14.8 Å². The molecule has 0 saturated heterocycles. The zero-order valence-corrected chi connectivity index (χ0v) is 13.1.